The van der Waals surface area contributed by atoms with Gasteiger partial charge in [-0.25, -0.2) is 9.78 Å². The van der Waals surface area contributed by atoms with Gasteiger partial charge < -0.3 is 9.80 Å². The molecular formula is C12H18N4O. The molecule has 1 aromatic rings. The molecule has 0 atom stereocenters. The Hall–Kier alpha value is -1.62. The number of aryl methyl sites for hydroxylation is 1. The van der Waals surface area contributed by atoms with Gasteiger partial charge in [0.2, 0.25) is 0 Å². The van der Waals surface area contributed by atoms with Crippen molar-refractivity contribution in [1.82, 2.24) is 14.8 Å². The number of anilines is 1. The van der Waals surface area contributed by atoms with Gasteiger partial charge in [-0.2, -0.15) is 0 Å². The van der Waals surface area contributed by atoms with Crippen molar-refractivity contribution in [2.24, 2.45) is 0 Å². The van der Waals surface area contributed by atoms with Crippen molar-refractivity contribution < 1.29 is 4.79 Å². The summed E-state index contributed by atoms with van der Waals surface area (Å²) in [6.07, 6.45) is 0. The third kappa shape index (κ3) is 2.74. The summed E-state index contributed by atoms with van der Waals surface area (Å²) >= 11 is 0. The summed E-state index contributed by atoms with van der Waals surface area (Å²) < 4.78 is 0. The van der Waals surface area contributed by atoms with Gasteiger partial charge in [0.25, 0.3) is 0 Å². The van der Waals surface area contributed by atoms with Crippen LogP contribution in [0.25, 0.3) is 0 Å². The van der Waals surface area contributed by atoms with Crippen LogP contribution >= 0.6 is 0 Å². The predicted molar refractivity (Wildman–Crippen MR) is 67.0 cm³/mol. The molecule has 1 aliphatic heterocycles. The number of amides is 2. The van der Waals surface area contributed by atoms with E-state index >= 15 is 0 Å². The number of rotatable bonds is 2. The number of pyridine rings is 1. The van der Waals surface area contributed by atoms with Crippen molar-refractivity contribution in [1.29, 1.82) is 0 Å². The third-order valence-corrected chi connectivity index (χ3v) is 3.00. The number of nitrogens with zero attached hydrogens (tertiary/aromatic N) is 3. The monoisotopic (exact) mass is 234 g/mol. The molecule has 0 spiro atoms. The molecular weight excluding hydrogens is 216 g/mol. The maximum atomic E-state index is 11.8. The normalized spacial score (nSPS) is 15.9. The number of hydrogen-bond acceptors (Lipinski definition) is 3. The van der Waals surface area contributed by atoms with E-state index in [1.165, 1.54) is 0 Å². The van der Waals surface area contributed by atoms with E-state index in [4.69, 9.17) is 0 Å². The number of carbonyl (C=O) groups excluding carboxylic acids is 1. The van der Waals surface area contributed by atoms with Crippen LogP contribution < -0.4 is 5.32 Å². The second-order valence-corrected chi connectivity index (χ2v) is 4.62. The first-order chi connectivity index (χ1) is 8.06. The smallest absolute Gasteiger partial charge is 0.321 e. The molecule has 1 aromatic heterocycles. The van der Waals surface area contributed by atoms with Gasteiger partial charge in [-0.05, 0) is 33.2 Å². The van der Waals surface area contributed by atoms with Crippen molar-refractivity contribution >= 4 is 11.8 Å². The van der Waals surface area contributed by atoms with E-state index in [0.29, 0.717) is 11.9 Å². The number of nitrogens with one attached hydrogen (secondary N) is 1. The van der Waals surface area contributed by atoms with E-state index in [1.807, 2.05) is 33.2 Å². The molecule has 5 heteroatoms. The molecule has 0 aliphatic carbocycles. The van der Waals surface area contributed by atoms with Crippen LogP contribution in [0.3, 0.4) is 0 Å². The fourth-order valence-corrected chi connectivity index (χ4v) is 1.75. The Morgan fingerprint density at radius 1 is 1.47 bits per heavy atom. The lowest BCUT2D eigenvalue weighted by molar-refractivity contribution is 0.0942. The maximum absolute atomic E-state index is 11.8. The van der Waals surface area contributed by atoms with E-state index in [-0.39, 0.29) is 6.03 Å². The van der Waals surface area contributed by atoms with Gasteiger partial charge in [0.05, 0.1) is 0 Å². The lowest BCUT2D eigenvalue weighted by Gasteiger charge is -2.42. The average molecular weight is 234 g/mol. The summed E-state index contributed by atoms with van der Waals surface area (Å²) in [6, 6.07) is 6.00. The van der Waals surface area contributed by atoms with Crippen molar-refractivity contribution in [2.75, 3.05) is 32.5 Å². The molecule has 0 bridgehead atoms. The Bertz CT molecular complexity index is 413. The van der Waals surface area contributed by atoms with Crippen LogP contribution in [0.5, 0.6) is 0 Å². The van der Waals surface area contributed by atoms with Crippen molar-refractivity contribution in [3.63, 3.8) is 0 Å². The van der Waals surface area contributed by atoms with Crippen LogP contribution in [0.15, 0.2) is 18.2 Å². The molecule has 0 aromatic carbocycles. The Morgan fingerprint density at radius 3 is 2.76 bits per heavy atom. The highest BCUT2D eigenvalue weighted by Crippen LogP contribution is 2.14. The zero-order valence-electron chi connectivity index (χ0n) is 10.5. The number of carbonyl (C=O) groups is 1. The van der Waals surface area contributed by atoms with Gasteiger partial charge in [0.1, 0.15) is 5.82 Å². The summed E-state index contributed by atoms with van der Waals surface area (Å²) in [7, 11) is 4.06. The molecule has 0 unspecified atom stereocenters. The van der Waals surface area contributed by atoms with E-state index in [0.717, 1.165) is 18.8 Å². The van der Waals surface area contributed by atoms with E-state index < -0.39 is 0 Å². The number of hydrogen-bond donors (Lipinski definition) is 1. The molecule has 2 amide bonds. The van der Waals surface area contributed by atoms with Gasteiger partial charge in [0, 0.05) is 24.8 Å². The number of likely N-dealkylation sites (tertiary alicyclic amines) is 1. The topological polar surface area (TPSA) is 48.5 Å². The van der Waals surface area contributed by atoms with Crippen LogP contribution in [-0.2, 0) is 0 Å². The number of urea groups is 1. The fourth-order valence-electron chi connectivity index (χ4n) is 1.75. The zero-order valence-corrected chi connectivity index (χ0v) is 10.5. The molecule has 5 nitrogen and oxygen atoms in total. The van der Waals surface area contributed by atoms with Crippen molar-refractivity contribution in [2.45, 2.75) is 13.0 Å². The highest BCUT2D eigenvalue weighted by atomic mass is 16.2. The van der Waals surface area contributed by atoms with E-state index in [1.54, 1.807) is 11.0 Å². The fraction of sp³-hybridized carbons (Fsp3) is 0.500. The second kappa shape index (κ2) is 4.71. The Labute approximate surface area is 101 Å². The van der Waals surface area contributed by atoms with Gasteiger partial charge in [-0.15, -0.1) is 0 Å². The SMILES string of the molecule is Cc1cccc(NC(=O)N2CC(N(C)C)C2)n1. The molecule has 0 saturated carbocycles. The minimum Gasteiger partial charge on any atom is -0.321 e. The first kappa shape index (κ1) is 11.9. The van der Waals surface area contributed by atoms with Crippen LogP contribution in [0.4, 0.5) is 10.6 Å². The molecule has 1 saturated heterocycles. The van der Waals surface area contributed by atoms with Crippen LogP contribution in [0.1, 0.15) is 5.69 Å². The van der Waals surface area contributed by atoms with Gasteiger partial charge >= 0.3 is 6.03 Å². The summed E-state index contributed by atoms with van der Waals surface area (Å²) in [4.78, 5) is 20.0. The molecule has 1 aliphatic rings. The molecule has 2 rings (SSSR count). The minimum atomic E-state index is -0.0683. The van der Waals surface area contributed by atoms with E-state index in [9.17, 15) is 4.79 Å². The average Bonchev–Trinajstić information content (AvgIpc) is 2.13. The highest BCUT2D eigenvalue weighted by molar-refractivity contribution is 5.88. The molecule has 1 N–H and O–H groups in total. The lowest BCUT2D eigenvalue weighted by Crippen LogP contribution is -2.60. The Morgan fingerprint density at radius 2 is 2.18 bits per heavy atom. The van der Waals surface area contributed by atoms with Crippen molar-refractivity contribution in [3.8, 4) is 0 Å². The second-order valence-electron chi connectivity index (χ2n) is 4.62. The van der Waals surface area contributed by atoms with Crippen LogP contribution in [0.2, 0.25) is 0 Å². The molecule has 0 radical (unpaired) electrons. The molecule has 92 valence electrons. The van der Waals surface area contributed by atoms with Crippen molar-refractivity contribution in [3.05, 3.63) is 23.9 Å². The van der Waals surface area contributed by atoms with Gasteiger partial charge in [-0.3, -0.25) is 5.32 Å². The first-order valence-corrected chi connectivity index (χ1v) is 5.72. The Kier molecular flexibility index (Phi) is 3.28. The van der Waals surface area contributed by atoms with Gasteiger partial charge in [-0.1, -0.05) is 6.07 Å². The minimum absolute atomic E-state index is 0.0683. The summed E-state index contributed by atoms with van der Waals surface area (Å²) in [5, 5.41) is 2.80. The predicted octanol–water partition coefficient (Wildman–Crippen LogP) is 1.17. The summed E-state index contributed by atoms with van der Waals surface area (Å²) in [6.45, 7) is 3.47. The quantitative estimate of drug-likeness (QED) is 0.835. The first-order valence-electron chi connectivity index (χ1n) is 5.72. The highest BCUT2D eigenvalue weighted by Gasteiger charge is 2.31. The molecule has 2 heterocycles. The number of likely N-dealkylation sites (N-methyl/N-ethyl adjacent to an activating group) is 1. The largest absolute Gasteiger partial charge is 0.323 e. The van der Waals surface area contributed by atoms with Gasteiger partial charge in [0.15, 0.2) is 0 Å². The lowest BCUT2D eigenvalue weighted by atomic mass is 10.1. The molecule has 1 fully saturated rings. The molecule has 17 heavy (non-hydrogen) atoms. The van der Waals surface area contributed by atoms with Crippen LogP contribution in [0, 0.1) is 6.92 Å². The third-order valence-electron chi connectivity index (χ3n) is 3.00. The summed E-state index contributed by atoms with van der Waals surface area (Å²) in [5.74, 6) is 0.614. The maximum Gasteiger partial charge on any atom is 0.323 e. The number of aromatic nitrogens is 1. The van der Waals surface area contributed by atoms with E-state index in [2.05, 4.69) is 15.2 Å². The summed E-state index contributed by atoms with van der Waals surface area (Å²) in [5.41, 5.74) is 0.901. The Balaban J connectivity index is 1.87. The zero-order chi connectivity index (χ0) is 12.4. The standard InChI is InChI=1S/C12H18N4O/c1-9-5-4-6-11(13-9)14-12(17)16-7-10(8-16)15(2)3/h4-6,10H,7-8H2,1-3H3,(H,13,14,17). The van der Waals surface area contributed by atoms with Crippen LogP contribution in [-0.4, -0.2) is 54.0 Å².